The zero-order chi connectivity index (χ0) is 18.6. The van der Waals surface area contributed by atoms with Gasteiger partial charge < -0.3 is 5.32 Å². The predicted molar refractivity (Wildman–Crippen MR) is 94.1 cm³/mol. The average Bonchev–Trinajstić information content (AvgIpc) is 2.62. The summed E-state index contributed by atoms with van der Waals surface area (Å²) in [7, 11) is 1.76. The second-order valence-electron chi connectivity index (χ2n) is 5.65. The second-order valence-corrected chi connectivity index (χ2v) is 6.53. The lowest BCUT2D eigenvalue weighted by Gasteiger charge is -2.24. The Kier molecular flexibility index (Phi) is 6.50. The molecule has 134 valence electrons. The van der Waals surface area contributed by atoms with E-state index in [9.17, 15) is 18.0 Å². The summed E-state index contributed by atoms with van der Waals surface area (Å²) >= 11 is 1.64. The first-order chi connectivity index (χ1) is 11.8. The molecule has 1 atom stereocenters. The van der Waals surface area contributed by atoms with Crippen LogP contribution < -0.4 is 5.32 Å². The Morgan fingerprint density at radius 1 is 1.12 bits per heavy atom. The largest absolute Gasteiger partial charge is 0.322 e. The van der Waals surface area contributed by atoms with Crippen LogP contribution in [0.2, 0.25) is 0 Å². The number of amides is 1. The highest BCUT2D eigenvalue weighted by atomic mass is 32.2. The molecule has 0 radical (unpaired) electrons. The Hall–Kier alpha value is -1.99. The summed E-state index contributed by atoms with van der Waals surface area (Å²) in [6.07, 6.45) is 1.99. The number of likely N-dealkylation sites (N-methyl/N-ethyl adjacent to an activating group) is 1. The lowest BCUT2D eigenvalue weighted by atomic mass is 10.2. The van der Waals surface area contributed by atoms with E-state index in [2.05, 4.69) is 5.32 Å². The molecule has 7 heteroatoms. The van der Waals surface area contributed by atoms with E-state index in [0.717, 1.165) is 22.6 Å². The minimum absolute atomic E-state index is 0.381. The van der Waals surface area contributed by atoms with Gasteiger partial charge >= 0.3 is 0 Å². The fourth-order valence-corrected chi connectivity index (χ4v) is 2.62. The smallest absolute Gasteiger partial charge is 0.241 e. The summed E-state index contributed by atoms with van der Waals surface area (Å²) in [6, 6.07) is 9.12. The third-order valence-corrected chi connectivity index (χ3v) is 4.67. The van der Waals surface area contributed by atoms with Crippen molar-refractivity contribution in [2.45, 2.75) is 24.4 Å². The molecule has 0 bridgehead atoms. The molecule has 0 fully saturated rings. The highest BCUT2D eigenvalue weighted by Gasteiger charge is 2.21. The van der Waals surface area contributed by atoms with Crippen LogP contribution in [-0.4, -0.2) is 30.2 Å². The number of hydrogen-bond donors (Lipinski definition) is 1. The molecule has 0 saturated heterocycles. The van der Waals surface area contributed by atoms with E-state index in [0.29, 0.717) is 6.54 Å². The van der Waals surface area contributed by atoms with Crippen LogP contribution in [0.4, 0.5) is 18.9 Å². The van der Waals surface area contributed by atoms with Crippen LogP contribution in [0.5, 0.6) is 0 Å². The topological polar surface area (TPSA) is 32.3 Å². The van der Waals surface area contributed by atoms with Crippen molar-refractivity contribution in [2.24, 2.45) is 0 Å². The van der Waals surface area contributed by atoms with Crippen molar-refractivity contribution in [3.63, 3.8) is 0 Å². The second kappa shape index (κ2) is 8.40. The molecule has 0 saturated carbocycles. The Balaban J connectivity index is 2.02. The van der Waals surface area contributed by atoms with Crippen LogP contribution in [0.3, 0.4) is 0 Å². The lowest BCUT2D eigenvalue weighted by Crippen LogP contribution is -2.39. The van der Waals surface area contributed by atoms with E-state index in [4.69, 9.17) is 0 Å². The van der Waals surface area contributed by atoms with Crippen molar-refractivity contribution >= 4 is 23.4 Å². The molecule has 1 amide bonds. The molecule has 0 aromatic heterocycles. The highest BCUT2D eigenvalue weighted by molar-refractivity contribution is 7.98. The Labute approximate surface area is 149 Å². The van der Waals surface area contributed by atoms with Crippen molar-refractivity contribution in [1.29, 1.82) is 0 Å². The van der Waals surface area contributed by atoms with E-state index < -0.39 is 29.4 Å². The van der Waals surface area contributed by atoms with Crippen LogP contribution in [0.1, 0.15) is 12.5 Å². The molecule has 25 heavy (non-hydrogen) atoms. The number of nitrogens with zero attached hydrogens (tertiary/aromatic N) is 1. The van der Waals surface area contributed by atoms with Crippen molar-refractivity contribution < 1.29 is 18.0 Å². The number of rotatable bonds is 6. The fourth-order valence-electron chi connectivity index (χ4n) is 2.22. The molecule has 3 nitrogen and oxygen atoms in total. The summed E-state index contributed by atoms with van der Waals surface area (Å²) in [5.41, 5.74) is 0.646. The van der Waals surface area contributed by atoms with Crippen molar-refractivity contribution in [3.05, 3.63) is 59.4 Å². The average molecular weight is 368 g/mol. The lowest BCUT2D eigenvalue weighted by molar-refractivity contribution is -0.120. The molecule has 0 aliphatic carbocycles. The van der Waals surface area contributed by atoms with Gasteiger partial charge in [-0.1, -0.05) is 12.1 Å². The fraction of sp³-hybridized carbons (Fsp3) is 0.278. The predicted octanol–water partition coefficient (Wildman–Crippen LogP) is 4.28. The normalized spacial score (nSPS) is 12.3. The maximum Gasteiger partial charge on any atom is 0.241 e. The first-order valence-corrected chi connectivity index (χ1v) is 8.83. The summed E-state index contributed by atoms with van der Waals surface area (Å²) in [5, 5.41) is 2.30. The number of benzene rings is 2. The Morgan fingerprint density at radius 3 is 2.36 bits per heavy atom. The van der Waals surface area contributed by atoms with E-state index in [-0.39, 0.29) is 5.69 Å². The van der Waals surface area contributed by atoms with Gasteiger partial charge in [-0.3, -0.25) is 9.69 Å². The molecule has 1 N–H and O–H groups in total. The highest BCUT2D eigenvalue weighted by Crippen LogP contribution is 2.20. The number of thioether (sulfide) groups is 1. The zero-order valence-corrected chi connectivity index (χ0v) is 15.0. The van der Waals surface area contributed by atoms with Gasteiger partial charge in [-0.2, -0.15) is 0 Å². The quantitative estimate of drug-likeness (QED) is 0.610. The summed E-state index contributed by atoms with van der Waals surface area (Å²) in [5.74, 6) is -4.81. The number of anilines is 1. The van der Waals surface area contributed by atoms with Crippen LogP contribution in [0.15, 0.2) is 41.3 Å². The first-order valence-electron chi connectivity index (χ1n) is 7.61. The maximum atomic E-state index is 13.7. The minimum atomic E-state index is -1.60. The van der Waals surface area contributed by atoms with Gasteiger partial charge in [0.1, 0.15) is 0 Å². The monoisotopic (exact) mass is 368 g/mol. The summed E-state index contributed by atoms with van der Waals surface area (Å²) in [4.78, 5) is 15.2. The van der Waals surface area contributed by atoms with E-state index in [1.807, 2.05) is 30.5 Å². The molecule has 2 rings (SSSR count). The molecule has 2 aromatic carbocycles. The number of carbonyl (C=O) groups is 1. The van der Waals surface area contributed by atoms with Crippen LogP contribution in [0.25, 0.3) is 0 Å². The molecular weight excluding hydrogens is 349 g/mol. The van der Waals surface area contributed by atoms with E-state index in [1.165, 1.54) is 0 Å². The molecule has 0 aliphatic heterocycles. The van der Waals surface area contributed by atoms with Crippen LogP contribution >= 0.6 is 11.8 Å². The zero-order valence-electron chi connectivity index (χ0n) is 14.1. The Bertz CT molecular complexity index is 753. The van der Waals surface area contributed by atoms with Crippen molar-refractivity contribution in [3.8, 4) is 0 Å². The molecule has 0 spiro atoms. The van der Waals surface area contributed by atoms with Crippen LogP contribution in [0, 0.1) is 17.5 Å². The molecule has 0 aliphatic rings. The van der Waals surface area contributed by atoms with Gasteiger partial charge in [0.2, 0.25) is 5.91 Å². The number of halogens is 3. The SMILES string of the molecule is CSc1ccc(CN(C)[C@@H](C)C(=O)Nc2ccc(F)c(F)c2F)cc1. The molecular formula is C18H19F3N2OS. The van der Waals surface area contributed by atoms with Gasteiger partial charge in [0.05, 0.1) is 11.7 Å². The van der Waals surface area contributed by atoms with Gasteiger partial charge in [0, 0.05) is 11.4 Å². The number of carbonyl (C=O) groups excluding carboxylic acids is 1. The van der Waals surface area contributed by atoms with Gasteiger partial charge in [0.15, 0.2) is 17.5 Å². The molecule has 0 unspecified atom stereocenters. The standard InChI is InChI=1S/C18H19F3N2OS/c1-11(23(2)10-12-4-6-13(25-3)7-5-12)18(24)22-15-9-8-14(19)16(20)17(15)21/h4-9,11H,10H2,1-3H3,(H,22,24)/t11-/m0/s1. The third-order valence-electron chi connectivity index (χ3n) is 3.92. The molecule has 2 aromatic rings. The first kappa shape index (κ1) is 19.3. The van der Waals surface area contributed by atoms with E-state index >= 15 is 0 Å². The third kappa shape index (κ3) is 4.76. The minimum Gasteiger partial charge on any atom is -0.322 e. The van der Waals surface area contributed by atoms with Gasteiger partial charge in [-0.05, 0) is 50.1 Å². The summed E-state index contributed by atoms with van der Waals surface area (Å²) in [6.45, 7) is 2.17. The van der Waals surface area contributed by atoms with Crippen molar-refractivity contribution in [2.75, 3.05) is 18.6 Å². The van der Waals surface area contributed by atoms with Gasteiger partial charge in [-0.15, -0.1) is 11.8 Å². The maximum absolute atomic E-state index is 13.7. The van der Waals surface area contributed by atoms with Crippen molar-refractivity contribution in [1.82, 2.24) is 4.90 Å². The molecule has 0 heterocycles. The Morgan fingerprint density at radius 2 is 1.76 bits per heavy atom. The number of hydrogen-bond acceptors (Lipinski definition) is 3. The van der Waals surface area contributed by atoms with Gasteiger partial charge in [-0.25, -0.2) is 13.2 Å². The van der Waals surface area contributed by atoms with E-state index in [1.54, 1.807) is 30.6 Å². The van der Waals surface area contributed by atoms with Crippen LogP contribution in [-0.2, 0) is 11.3 Å². The van der Waals surface area contributed by atoms with Gasteiger partial charge in [0.25, 0.3) is 0 Å². The summed E-state index contributed by atoms with van der Waals surface area (Å²) < 4.78 is 39.8. The number of nitrogens with one attached hydrogen (secondary N) is 1.